The van der Waals surface area contributed by atoms with Crippen molar-refractivity contribution in [3.05, 3.63) is 67.6 Å². The lowest BCUT2D eigenvalue weighted by molar-refractivity contribution is 0.100. The molecule has 2 aromatic heterocycles. The summed E-state index contributed by atoms with van der Waals surface area (Å²) in [5, 5.41) is 1.20. The highest BCUT2D eigenvalue weighted by molar-refractivity contribution is 7.14. The molecule has 2 aliphatic rings. The minimum absolute atomic E-state index is 0.109. The number of aryl methyl sites for hydroxylation is 2. The molecule has 0 aliphatic carbocycles. The second-order valence-corrected chi connectivity index (χ2v) is 8.89. The van der Waals surface area contributed by atoms with Crippen molar-refractivity contribution in [2.75, 3.05) is 6.54 Å². The van der Waals surface area contributed by atoms with Gasteiger partial charge in [0.25, 0.3) is 11.5 Å². The Labute approximate surface area is 167 Å². The first-order valence-corrected chi connectivity index (χ1v) is 10.7. The summed E-state index contributed by atoms with van der Waals surface area (Å²) < 4.78 is 1.94. The van der Waals surface area contributed by atoms with E-state index in [2.05, 4.69) is 23.1 Å². The molecule has 1 unspecified atom stereocenters. The van der Waals surface area contributed by atoms with Gasteiger partial charge < -0.3 is 10.3 Å². The Hall–Kier alpha value is -2.44. The zero-order chi connectivity index (χ0) is 19.3. The summed E-state index contributed by atoms with van der Waals surface area (Å²) in [5.41, 5.74) is 9.06. The van der Waals surface area contributed by atoms with Crippen LogP contribution in [-0.4, -0.2) is 21.9 Å². The van der Waals surface area contributed by atoms with E-state index in [1.165, 1.54) is 27.2 Å². The molecule has 1 amide bonds. The van der Waals surface area contributed by atoms with E-state index in [9.17, 15) is 9.59 Å². The largest absolute Gasteiger partial charge is 0.365 e. The highest BCUT2D eigenvalue weighted by atomic mass is 32.1. The number of carbonyl (C=O) groups excluding carboxylic acids is 1. The zero-order valence-corrected chi connectivity index (χ0v) is 16.5. The van der Waals surface area contributed by atoms with Crippen molar-refractivity contribution in [1.29, 1.82) is 0 Å². The Balaban J connectivity index is 1.52. The molecule has 144 valence electrons. The minimum Gasteiger partial charge on any atom is -0.365 e. The van der Waals surface area contributed by atoms with E-state index in [0.29, 0.717) is 4.88 Å². The molecule has 2 N–H and O–H groups in total. The monoisotopic (exact) mass is 393 g/mol. The summed E-state index contributed by atoms with van der Waals surface area (Å²) in [6, 6.07) is 12.4. The van der Waals surface area contributed by atoms with Crippen LogP contribution in [0, 0.1) is 0 Å². The molecule has 1 aromatic carbocycles. The summed E-state index contributed by atoms with van der Waals surface area (Å²) in [6.45, 7) is 2.56. The molecule has 28 heavy (non-hydrogen) atoms. The molecule has 0 spiro atoms. The van der Waals surface area contributed by atoms with Gasteiger partial charge in [0.15, 0.2) is 0 Å². The van der Waals surface area contributed by atoms with Gasteiger partial charge in [0, 0.05) is 35.5 Å². The molecule has 4 heterocycles. The van der Waals surface area contributed by atoms with E-state index in [-0.39, 0.29) is 17.5 Å². The summed E-state index contributed by atoms with van der Waals surface area (Å²) in [6.07, 6.45) is 4.26. The van der Waals surface area contributed by atoms with Gasteiger partial charge in [0.05, 0.1) is 10.4 Å². The van der Waals surface area contributed by atoms with Crippen molar-refractivity contribution in [2.24, 2.45) is 5.73 Å². The maximum atomic E-state index is 12.8. The van der Waals surface area contributed by atoms with Gasteiger partial charge in [-0.15, -0.1) is 11.3 Å². The van der Waals surface area contributed by atoms with Crippen molar-refractivity contribution in [1.82, 2.24) is 9.47 Å². The fourth-order valence-corrected chi connectivity index (χ4v) is 5.82. The topological polar surface area (TPSA) is 68.3 Å². The van der Waals surface area contributed by atoms with Crippen LogP contribution in [0.3, 0.4) is 0 Å². The number of thiophene rings is 1. The van der Waals surface area contributed by atoms with Gasteiger partial charge in [0.2, 0.25) is 0 Å². The zero-order valence-electron chi connectivity index (χ0n) is 15.7. The predicted molar refractivity (Wildman–Crippen MR) is 112 cm³/mol. The molecule has 0 saturated carbocycles. The number of amides is 1. The van der Waals surface area contributed by atoms with Crippen molar-refractivity contribution in [2.45, 2.75) is 44.8 Å². The molecule has 5 rings (SSSR count). The van der Waals surface area contributed by atoms with E-state index in [0.717, 1.165) is 56.4 Å². The van der Waals surface area contributed by atoms with Crippen LogP contribution in [-0.2, 0) is 19.5 Å². The Kier molecular flexibility index (Phi) is 4.33. The minimum atomic E-state index is -0.364. The molecular formula is C22H23N3O2S. The lowest BCUT2D eigenvalue weighted by Crippen LogP contribution is -2.27. The number of primary amides is 1. The van der Waals surface area contributed by atoms with E-state index in [1.807, 2.05) is 22.8 Å². The van der Waals surface area contributed by atoms with Crippen molar-refractivity contribution < 1.29 is 4.79 Å². The number of rotatable bonds is 4. The van der Waals surface area contributed by atoms with E-state index in [4.69, 9.17) is 5.73 Å². The van der Waals surface area contributed by atoms with Crippen LogP contribution in [0.15, 0.2) is 41.2 Å². The Morgan fingerprint density at radius 1 is 1.18 bits per heavy atom. The predicted octanol–water partition coefficient (Wildman–Crippen LogP) is 3.45. The summed E-state index contributed by atoms with van der Waals surface area (Å²) in [7, 11) is 0. The fraction of sp³-hybridized carbons (Fsp3) is 0.364. The number of nitrogens with two attached hydrogens (primary N) is 1. The molecular weight excluding hydrogens is 370 g/mol. The average Bonchev–Trinajstić information content (AvgIpc) is 3.35. The number of pyridine rings is 1. The number of nitrogens with zero attached hydrogens (tertiary/aromatic N) is 2. The molecule has 1 atom stereocenters. The van der Waals surface area contributed by atoms with Crippen LogP contribution in [0.5, 0.6) is 0 Å². The molecule has 3 aromatic rings. The van der Waals surface area contributed by atoms with E-state index in [1.54, 1.807) is 0 Å². The summed E-state index contributed by atoms with van der Waals surface area (Å²) in [5.74, 6) is -0.364. The van der Waals surface area contributed by atoms with Gasteiger partial charge in [-0.2, -0.15) is 0 Å². The maximum absolute atomic E-state index is 12.8. The van der Waals surface area contributed by atoms with Gasteiger partial charge in [-0.3, -0.25) is 14.5 Å². The molecule has 6 heteroatoms. The van der Waals surface area contributed by atoms with Crippen LogP contribution in [0.4, 0.5) is 0 Å². The van der Waals surface area contributed by atoms with Crippen LogP contribution in [0.1, 0.15) is 51.0 Å². The summed E-state index contributed by atoms with van der Waals surface area (Å²) >= 11 is 1.49. The molecule has 0 bridgehead atoms. The number of hydrogen-bond donors (Lipinski definition) is 1. The highest BCUT2D eigenvalue weighted by Gasteiger charge is 2.28. The molecule has 0 radical (unpaired) electrons. The SMILES string of the molecule is NC(=O)c1ccc(C2CCCN2Cc2cc(=O)n3c4c(cccc24)CCC3)s1. The molecule has 2 aliphatic heterocycles. The first-order valence-electron chi connectivity index (χ1n) is 9.90. The van der Waals surface area contributed by atoms with Crippen LogP contribution in [0.2, 0.25) is 0 Å². The smallest absolute Gasteiger partial charge is 0.258 e. The Morgan fingerprint density at radius 2 is 2.07 bits per heavy atom. The average molecular weight is 394 g/mol. The first kappa shape index (κ1) is 17.6. The van der Waals surface area contributed by atoms with Crippen molar-refractivity contribution >= 4 is 28.1 Å². The van der Waals surface area contributed by atoms with Gasteiger partial charge in [-0.1, -0.05) is 18.2 Å². The van der Waals surface area contributed by atoms with Gasteiger partial charge in [0.1, 0.15) is 0 Å². The van der Waals surface area contributed by atoms with Crippen LogP contribution >= 0.6 is 11.3 Å². The second-order valence-electron chi connectivity index (χ2n) is 7.77. The molecule has 1 fully saturated rings. The number of hydrogen-bond acceptors (Lipinski definition) is 4. The third kappa shape index (κ3) is 2.88. The lowest BCUT2D eigenvalue weighted by atomic mass is 9.98. The van der Waals surface area contributed by atoms with E-state index < -0.39 is 0 Å². The first-order chi connectivity index (χ1) is 13.6. The Morgan fingerprint density at radius 3 is 2.89 bits per heavy atom. The van der Waals surface area contributed by atoms with Crippen molar-refractivity contribution in [3.63, 3.8) is 0 Å². The highest BCUT2D eigenvalue weighted by Crippen LogP contribution is 2.37. The normalized spacial score (nSPS) is 19.4. The molecule has 5 nitrogen and oxygen atoms in total. The van der Waals surface area contributed by atoms with Crippen LogP contribution < -0.4 is 11.3 Å². The fourth-order valence-electron chi connectivity index (χ4n) is 4.79. The van der Waals surface area contributed by atoms with Gasteiger partial charge in [-0.25, -0.2) is 0 Å². The van der Waals surface area contributed by atoms with Gasteiger partial charge in [-0.05, 0) is 55.5 Å². The number of para-hydroxylation sites is 1. The van der Waals surface area contributed by atoms with Crippen LogP contribution in [0.25, 0.3) is 10.9 Å². The third-order valence-electron chi connectivity index (χ3n) is 6.06. The quantitative estimate of drug-likeness (QED) is 0.738. The number of benzene rings is 1. The Bertz CT molecular complexity index is 1130. The molecule has 1 saturated heterocycles. The number of likely N-dealkylation sites (tertiary alicyclic amines) is 1. The maximum Gasteiger partial charge on any atom is 0.258 e. The third-order valence-corrected chi connectivity index (χ3v) is 7.26. The van der Waals surface area contributed by atoms with Crippen molar-refractivity contribution in [3.8, 4) is 0 Å². The number of carbonyl (C=O) groups is 1. The lowest BCUT2D eigenvalue weighted by Gasteiger charge is -2.26. The van der Waals surface area contributed by atoms with Gasteiger partial charge >= 0.3 is 0 Å². The second kappa shape index (κ2) is 6.87. The van der Waals surface area contributed by atoms with E-state index >= 15 is 0 Å². The summed E-state index contributed by atoms with van der Waals surface area (Å²) in [4.78, 5) is 28.5. The number of aromatic nitrogens is 1. The standard InChI is InChI=1S/C22H23N3O2S/c23-22(27)19-9-8-18(28-19)17-7-3-10-24(17)13-15-12-20(26)25-11-2-5-14-4-1-6-16(15)21(14)25/h1,4,6,8-9,12,17H,2-3,5,7,10-11,13H2,(H2,23,27).